The van der Waals surface area contributed by atoms with Crippen LogP contribution >= 0.6 is 18.7 Å². The van der Waals surface area contributed by atoms with Crippen molar-refractivity contribution in [1.82, 2.24) is 19.8 Å². The van der Waals surface area contributed by atoms with E-state index in [1.807, 2.05) is 42.3 Å². The Balaban J connectivity index is 1.09. The van der Waals surface area contributed by atoms with Crippen molar-refractivity contribution in [2.75, 3.05) is 69.2 Å². The van der Waals surface area contributed by atoms with Crippen molar-refractivity contribution in [3.63, 3.8) is 0 Å². The van der Waals surface area contributed by atoms with Crippen molar-refractivity contribution in [1.29, 1.82) is 0 Å². The molecule has 3 aliphatic rings. The van der Waals surface area contributed by atoms with Crippen LogP contribution in [0, 0.1) is 0 Å². The number of ether oxygens (including phenoxy) is 1. The van der Waals surface area contributed by atoms with E-state index in [2.05, 4.69) is 42.5 Å². The third kappa shape index (κ3) is 6.64. The molecular weight excluding hydrogens is 609 g/mol. The van der Waals surface area contributed by atoms with E-state index in [-0.39, 0.29) is 5.54 Å². The highest BCUT2D eigenvalue weighted by Crippen LogP contribution is 2.41. The number of aromatic nitrogens is 2. The van der Waals surface area contributed by atoms with E-state index in [1.54, 1.807) is 20.4 Å². The van der Waals surface area contributed by atoms with Gasteiger partial charge in [0.25, 0.3) is 0 Å². The maximum absolute atomic E-state index is 12.8. The number of hydrogen-bond acceptors (Lipinski definition) is 9. The first-order valence-corrected chi connectivity index (χ1v) is 18.7. The third-order valence-electron chi connectivity index (χ3n) is 9.88. The van der Waals surface area contributed by atoms with Crippen LogP contribution in [0.4, 0.5) is 28.8 Å². The van der Waals surface area contributed by atoms with Gasteiger partial charge in [-0.15, -0.1) is 0 Å². The summed E-state index contributed by atoms with van der Waals surface area (Å²) in [7, 11) is 1.14. The van der Waals surface area contributed by atoms with Gasteiger partial charge >= 0.3 is 0 Å². The fourth-order valence-electron chi connectivity index (χ4n) is 7.11. The molecule has 0 saturated carbocycles. The predicted molar refractivity (Wildman–Crippen MR) is 183 cm³/mol. The van der Waals surface area contributed by atoms with Crippen molar-refractivity contribution in [3.8, 4) is 5.75 Å². The normalized spacial score (nSPS) is 19.3. The van der Waals surface area contributed by atoms with E-state index >= 15 is 0 Å². The molecular formula is C33H43ClN7O3P. The molecule has 0 radical (unpaired) electrons. The molecule has 4 heterocycles. The van der Waals surface area contributed by atoms with Gasteiger partial charge in [0, 0.05) is 68.3 Å². The second kappa shape index (κ2) is 12.8. The minimum absolute atomic E-state index is 0.0944. The highest BCUT2D eigenvalue weighted by Gasteiger charge is 2.45. The average Bonchev–Trinajstić information content (AvgIpc) is 3.31. The molecule has 12 heteroatoms. The molecule has 0 aliphatic carbocycles. The van der Waals surface area contributed by atoms with Crippen LogP contribution in [0.3, 0.4) is 0 Å². The van der Waals surface area contributed by atoms with Crippen LogP contribution in [0.1, 0.15) is 38.5 Å². The Kier molecular flexibility index (Phi) is 9.01. The first kappa shape index (κ1) is 31.6. The van der Waals surface area contributed by atoms with Gasteiger partial charge in [-0.25, -0.2) is 4.98 Å². The van der Waals surface area contributed by atoms with E-state index in [0.29, 0.717) is 46.6 Å². The van der Waals surface area contributed by atoms with Crippen molar-refractivity contribution in [2.45, 2.75) is 50.1 Å². The Labute approximate surface area is 270 Å². The molecule has 6 rings (SSSR count). The van der Waals surface area contributed by atoms with Gasteiger partial charge in [-0.1, -0.05) is 23.7 Å². The fraction of sp³-hybridized carbons (Fsp3) is 0.485. The molecule has 3 aliphatic heterocycles. The number of para-hydroxylation sites is 1. The maximum Gasteiger partial charge on any atom is 0.229 e. The number of hydrogen-bond donors (Lipinski definition) is 2. The van der Waals surface area contributed by atoms with Crippen molar-refractivity contribution in [3.05, 3.63) is 53.7 Å². The van der Waals surface area contributed by atoms with E-state index in [4.69, 9.17) is 16.3 Å². The topological polar surface area (TPSA) is 103 Å². The predicted octanol–water partition coefficient (Wildman–Crippen LogP) is 5.93. The highest BCUT2D eigenvalue weighted by molar-refractivity contribution is 7.70. The number of halogens is 1. The fourth-order valence-corrected chi connectivity index (χ4v) is 8.41. The van der Waals surface area contributed by atoms with Crippen molar-refractivity contribution in [2.24, 2.45) is 0 Å². The molecule has 3 aromatic rings. The van der Waals surface area contributed by atoms with Crippen molar-refractivity contribution < 1.29 is 14.1 Å². The number of methoxy groups -OCH3 is 1. The Morgan fingerprint density at radius 1 is 1.00 bits per heavy atom. The molecule has 10 nitrogen and oxygen atoms in total. The molecule has 3 fully saturated rings. The van der Waals surface area contributed by atoms with E-state index < -0.39 is 7.14 Å². The Morgan fingerprint density at radius 3 is 2.40 bits per heavy atom. The molecule has 0 bridgehead atoms. The number of amides is 1. The quantitative estimate of drug-likeness (QED) is 0.287. The zero-order valence-corrected chi connectivity index (χ0v) is 28.2. The number of likely N-dealkylation sites (tertiary alicyclic amines) is 2. The number of anilines is 5. The van der Waals surface area contributed by atoms with E-state index in [0.717, 1.165) is 75.0 Å². The molecule has 240 valence electrons. The number of nitrogens with zero attached hydrogens (tertiary/aromatic N) is 5. The van der Waals surface area contributed by atoms with Gasteiger partial charge in [0.1, 0.15) is 17.9 Å². The summed E-state index contributed by atoms with van der Waals surface area (Å²) in [6.45, 7) is 7.60. The second-order valence-corrected chi connectivity index (χ2v) is 16.4. The van der Waals surface area contributed by atoms with Crippen LogP contribution in [0.2, 0.25) is 5.02 Å². The van der Waals surface area contributed by atoms with E-state index in [9.17, 15) is 9.36 Å². The van der Waals surface area contributed by atoms with Gasteiger partial charge in [-0.3, -0.25) is 4.79 Å². The van der Waals surface area contributed by atoms with Gasteiger partial charge in [-0.05, 0) is 69.7 Å². The SMILES string of the molecule is COc1cc(N2CCC(N3CCC4(CCC(=O)N4C)CC3)CC2)ccc1Nc1ncc(Cl)c(Nc2ccccc2P(C)(C)=O)n1. The molecule has 0 unspecified atom stereocenters. The average molecular weight is 652 g/mol. The zero-order chi connectivity index (χ0) is 31.8. The number of benzene rings is 2. The Hall–Kier alpha value is -3.33. The summed E-state index contributed by atoms with van der Waals surface area (Å²) in [5, 5.41) is 7.61. The largest absolute Gasteiger partial charge is 0.494 e. The lowest BCUT2D eigenvalue weighted by atomic mass is 9.84. The second-order valence-electron chi connectivity index (χ2n) is 12.8. The van der Waals surface area contributed by atoms with Crippen LogP contribution in [0.25, 0.3) is 0 Å². The monoisotopic (exact) mass is 651 g/mol. The molecule has 1 spiro atoms. The molecule has 1 amide bonds. The minimum Gasteiger partial charge on any atom is -0.494 e. The summed E-state index contributed by atoms with van der Waals surface area (Å²) in [5.74, 6) is 1.78. The smallest absolute Gasteiger partial charge is 0.229 e. The summed E-state index contributed by atoms with van der Waals surface area (Å²) in [6, 6.07) is 14.2. The summed E-state index contributed by atoms with van der Waals surface area (Å²) in [5.41, 5.74) is 2.66. The molecule has 0 atom stereocenters. The summed E-state index contributed by atoms with van der Waals surface area (Å²) >= 11 is 6.45. The van der Waals surface area contributed by atoms with E-state index in [1.165, 1.54) is 6.20 Å². The van der Waals surface area contributed by atoms with Crippen molar-refractivity contribution >= 4 is 58.8 Å². The molecule has 2 N–H and O–H groups in total. The number of carbonyl (C=O) groups is 1. The molecule has 3 saturated heterocycles. The van der Waals surface area contributed by atoms with Crippen LogP contribution in [0.5, 0.6) is 5.75 Å². The van der Waals surface area contributed by atoms with Gasteiger partial charge in [-0.2, -0.15) is 4.98 Å². The van der Waals surface area contributed by atoms with Gasteiger partial charge in [0.2, 0.25) is 11.9 Å². The first-order valence-electron chi connectivity index (χ1n) is 15.7. The summed E-state index contributed by atoms with van der Waals surface area (Å²) < 4.78 is 18.6. The van der Waals surface area contributed by atoms with Gasteiger partial charge < -0.3 is 34.6 Å². The number of carbonyl (C=O) groups excluding carboxylic acids is 1. The minimum atomic E-state index is -2.52. The number of nitrogens with one attached hydrogen (secondary N) is 2. The third-order valence-corrected chi connectivity index (χ3v) is 11.7. The zero-order valence-electron chi connectivity index (χ0n) is 26.6. The van der Waals surface area contributed by atoms with Gasteiger partial charge in [0.15, 0.2) is 5.82 Å². The Morgan fingerprint density at radius 2 is 1.73 bits per heavy atom. The molecule has 1 aromatic heterocycles. The Bertz CT molecular complexity index is 1600. The molecule has 45 heavy (non-hydrogen) atoms. The number of rotatable bonds is 8. The lowest BCUT2D eigenvalue weighted by molar-refractivity contribution is -0.130. The highest BCUT2D eigenvalue weighted by atomic mass is 35.5. The van der Waals surface area contributed by atoms with Crippen LogP contribution in [-0.2, 0) is 9.36 Å². The molecule has 2 aromatic carbocycles. The van der Waals surface area contributed by atoms with Gasteiger partial charge in [0.05, 0.1) is 24.7 Å². The van der Waals surface area contributed by atoms with Crippen LogP contribution in [-0.4, -0.2) is 90.9 Å². The lowest BCUT2D eigenvalue weighted by Crippen LogP contribution is -2.55. The standard InChI is InChI=1S/C33H43ClN7O3P/c1-39-30(42)11-14-33(39)15-19-41(20-16-33)23-12-17-40(18-13-23)24-9-10-26(28(21-24)44-2)37-32-35-22-25(34)31(38-32)36-27-7-5-6-8-29(27)45(3,4)43/h5-10,21-23H,11-20H2,1-4H3,(H2,35,36,37,38). The summed E-state index contributed by atoms with van der Waals surface area (Å²) in [4.78, 5) is 28.3. The van der Waals surface area contributed by atoms with Crippen LogP contribution in [0.15, 0.2) is 48.7 Å². The lowest BCUT2D eigenvalue weighted by Gasteiger charge is -2.47. The summed E-state index contributed by atoms with van der Waals surface area (Å²) in [6.07, 6.45) is 7.67. The van der Waals surface area contributed by atoms with Crippen LogP contribution < -0.4 is 25.6 Å². The first-order chi connectivity index (χ1) is 21.6. The number of piperidine rings is 2. The maximum atomic E-state index is 12.8.